The van der Waals surface area contributed by atoms with Crippen LogP contribution in [0.1, 0.15) is 31.5 Å². The van der Waals surface area contributed by atoms with E-state index in [4.69, 9.17) is 9.47 Å². The average molecular weight is 236 g/mol. The van der Waals surface area contributed by atoms with E-state index in [9.17, 15) is 0 Å². The Morgan fingerprint density at radius 3 is 2.76 bits per heavy atom. The number of hydrogen-bond donors (Lipinski definition) is 1. The molecule has 0 radical (unpaired) electrons. The molecule has 0 aromatic carbocycles. The molecule has 2 heterocycles. The minimum absolute atomic E-state index is 0.270. The van der Waals surface area contributed by atoms with Gasteiger partial charge >= 0.3 is 0 Å². The van der Waals surface area contributed by atoms with E-state index in [2.05, 4.69) is 17.2 Å². The van der Waals surface area contributed by atoms with Crippen LogP contribution in [-0.2, 0) is 4.74 Å². The van der Waals surface area contributed by atoms with Crippen molar-refractivity contribution in [2.75, 3.05) is 20.3 Å². The zero-order valence-electron chi connectivity index (χ0n) is 10.5. The van der Waals surface area contributed by atoms with Gasteiger partial charge in [0.25, 0.3) is 0 Å². The highest BCUT2D eigenvalue weighted by atomic mass is 16.5. The number of ether oxygens (including phenoxy) is 2. The van der Waals surface area contributed by atoms with E-state index in [0.717, 1.165) is 37.5 Å². The molecule has 0 saturated carbocycles. The molecule has 4 heteroatoms. The first-order chi connectivity index (χ1) is 8.29. The van der Waals surface area contributed by atoms with Crippen molar-refractivity contribution in [3.63, 3.8) is 0 Å². The van der Waals surface area contributed by atoms with Gasteiger partial charge in [0.1, 0.15) is 11.9 Å². The van der Waals surface area contributed by atoms with Gasteiger partial charge in [-0.25, -0.2) is 0 Å². The van der Waals surface area contributed by atoms with E-state index in [1.807, 2.05) is 19.2 Å². The second-order valence-electron chi connectivity index (χ2n) is 4.36. The number of hydrogen-bond acceptors (Lipinski definition) is 4. The van der Waals surface area contributed by atoms with Crippen molar-refractivity contribution in [3.8, 4) is 5.75 Å². The van der Waals surface area contributed by atoms with Gasteiger partial charge in [0.15, 0.2) is 0 Å². The quantitative estimate of drug-likeness (QED) is 0.867. The lowest BCUT2D eigenvalue weighted by Gasteiger charge is -2.23. The lowest BCUT2D eigenvalue weighted by atomic mass is 10.1. The SMILES string of the molecule is CNC(C)c1ccc(OC2CCOCC2)cn1. The molecule has 1 aliphatic rings. The van der Waals surface area contributed by atoms with Gasteiger partial charge in [0.2, 0.25) is 0 Å². The van der Waals surface area contributed by atoms with Crippen molar-refractivity contribution in [2.24, 2.45) is 0 Å². The Hall–Kier alpha value is -1.13. The molecule has 0 aliphatic carbocycles. The van der Waals surface area contributed by atoms with Gasteiger partial charge in [-0.1, -0.05) is 0 Å². The maximum absolute atomic E-state index is 5.86. The molecule has 17 heavy (non-hydrogen) atoms. The molecule has 1 N–H and O–H groups in total. The summed E-state index contributed by atoms with van der Waals surface area (Å²) >= 11 is 0. The summed E-state index contributed by atoms with van der Waals surface area (Å²) in [4.78, 5) is 4.40. The predicted molar refractivity (Wildman–Crippen MR) is 66.2 cm³/mol. The topological polar surface area (TPSA) is 43.4 Å². The van der Waals surface area contributed by atoms with E-state index in [1.165, 1.54) is 0 Å². The van der Waals surface area contributed by atoms with Crippen molar-refractivity contribution < 1.29 is 9.47 Å². The largest absolute Gasteiger partial charge is 0.489 e. The van der Waals surface area contributed by atoms with Gasteiger partial charge in [-0.05, 0) is 26.1 Å². The Morgan fingerprint density at radius 1 is 1.41 bits per heavy atom. The monoisotopic (exact) mass is 236 g/mol. The van der Waals surface area contributed by atoms with Crippen LogP contribution in [0.5, 0.6) is 5.75 Å². The molecule has 4 nitrogen and oxygen atoms in total. The predicted octanol–water partition coefficient (Wildman–Crippen LogP) is 1.92. The number of aromatic nitrogens is 1. The second-order valence-corrected chi connectivity index (χ2v) is 4.36. The molecule has 1 aromatic rings. The Balaban J connectivity index is 1.93. The van der Waals surface area contributed by atoms with Gasteiger partial charge in [-0.2, -0.15) is 0 Å². The highest BCUT2D eigenvalue weighted by Gasteiger charge is 2.15. The summed E-state index contributed by atoms with van der Waals surface area (Å²) < 4.78 is 11.2. The maximum atomic E-state index is 5.86. The molecule has 1 unspecified atom stereocenters. The minimum atomic E-state index is 0.270. The Labute approximate surface area is 102 Å². The second kappa shape index (κ2) is 5.98. The first-order valence-corrected chi connectivity index (χ1v) is 6.17. The fourth-order valence-corrected chi connectivity index (χ4v) is 1.85. The van der Waals surface area contributed by atoms with Crippen LogP contribution < -0.4 is 10.1 Å². The molecule has 0 amide bonds. The summed E-state index contributed by atoms with van der Waals surface area (Å²) in [6.45, 7) is 3.68. The summed E-state index contributed by atoms with van der Waals surface area (Å²) in [5, 5.41) is 3.16. The zero-order valence-corrected chi connectivity index (χ0v) is 10.5. The molecule has 1 fully saturated rings. The van der Waals surface area contributed by atoms with Crippen LogP contribution in [0, 0.1) is 0 Å². The standard InChI is InChI=1S/C13H20N2O2/c1-10(14-2)13-4-3-12(9-15-13)17-11-5-7-16-8-6-11/h3-4,9-11,14H,5-8H2,1-2H3. The minimum Gasteiger partial charge on any atom is -0.489 e. The Bertz CT molecular complexity index is 334. The zero-order chi connectivity index (χ0) is 12.1. The number of pyridine rings is 1. The van der Waals surface area contributed by atoms with Crippen molar-refractivity contribution >= 4 is 0 Å². The maximum Gasteiger partial charge on any atom is 0.138 e. The number of rotatable bonds is 4. The highest BCUT2D eigenvalue weighted by molar-refractivity contribution is 5.21. The van der Waals surface area contributed by atoms with Crippen LogP contribution in [-0.4, -0.2) is 31.3 Å². The molecular formula is C13H20N2O2. The van der Waals surface area contributed by atoms with E-state index in [1.54, 1.807) is 6.20 Å². The van der Waals surface area contributed by atoms with E-state index >= 15 is 0 Å². The average Bonchev–Trinajstić information content (AvgIpc) is 2.40. The third kappa shape index (κ3) is 3.41. The van der Waals surface area contributed by atoms with E-state index in [0.29, 0.717) is 0 Å². The highest BCUT2D eigenvalue weighted by Crippen LogP contribution is 2.18. The first kappa shape index (κ1) is 12.3. The Morgan fingerprint density at radius 2 is 2.18 bits per heavy atom. The van der Waals surface area contributed by atoms with Gasteiger partial charge < -0.3 is 14.8 Å². The van der Waals surface area contributed by atoms with Crippen molar-refractivity contribution in [1.82, 2.24) is 10.3 Å². The molecule has 0 bridgehead atoms. The van der Waals surface area contributed by atoms with Crippen molar-refractivity contribution in [3.05, 3.63) is 24.0 Å². The lowest BCUT2D eigenvalue weighted by molar-refractivity contribution is 0.0254. The van der Waals surface area contributed by atoms with Gasteiger partial charge in [0.05, 0.1) is 25.1 Å². The first-order valence-electron chi connectivity index (χ1n) is 6.17. The van der Waals surface area contributed by atoms with E-state index in [-0.39, 0.29) is 12.1 Å². The summed E-state index contributed by atoms with van der Waals surface area (Å²) in [7, 11) is 1.93. The molecule has 2 rings (SSSR count). The lowest BCUT2D eigenvalue weighted by Crippen LogP contribution is -2.26. The summed E-state index contributed by atoms with van der Waals surface area (Å²) in [5.74, 6) is 0.851. The molecule has 1 atom stereocenters. The van der Waals surface area contributed by atoms with Crippen LogP contribution in [0.15, 0.2) is 18.3 Å². The van der Waals surface area contributed by atoms with E-state index < -0.39 is 0 Å². The molecular weight excluding hydrogens is 216 g/mol. The molecule has 94 valence electrons. The van der Waals surface area contributed by atoms with Crippen molar-refractivity contribution in [1.29, 1.82) is 0 Å². The Kier molecular flexibility index (Phi) is 4.34. The van der Waals surface area contributed by atoms with Crippen LogP contribution in [0.25, 0.3) is 0 Å². The summed E-state index contributed by atoms with van der Waals surface area (Å²) in [6.07, 6.45) is 4.01. The normalized spacial score (nSPS) is 18.9. The third-order valence-electron chi connectivity index (χ3n) is 3.11. The molecule has 1 aliphatic heterocycles. The van der Waals surface area contributed by atoms with Crippen LogP contribution in [0.3, 0.4) is 0 Å². The van der Waals surface area contributed by atoms with Crippen LogP contribution >= 0.6 is 0 Å². The van der Waals surface area contributed by atoms with Gasteiger partial charge in [-0.3, -0.25) is 4.98 Å². The fraction of sp³-hybridized carbons (Fsp3) is 0.615. The molecule has 1 saturated heterocycles. The fourth-order valence-electron chi connectivity index (χ4n) is 1.85. The van der Waals surface area contributed by atoms with Crippen LogP contribution in [0.4, 0.5) is 0 Å². The van der Waals surface area contributed by atoms with Crippen molar-refractivity contribution in [2.45, 2.75) is 31.9 Å². The summed E-state index contributed by atoms with van der Waals surface area (Å²) in [6, 6.07) is 4.27. The smallest absolute Gasteiger partial charge is 0.138 e. The number of nitrogens with one attached hydrogen (secondary N) is 1. The molecule has 0 spiro atoms. The van der Waals surface area contributed by atoms with Gasteiger partial charge in [0, 0.05) is 18.9 Å². The van der Waals surface area contributed by atoms with Gasteiger partial charge in [-0.15, -0.1) is 0 Å². The third-order valence-corrected chi connectivity index (χ3v) is 3.11. The molecule has 1 aromatic heterocycles. The number of nitrogens with zero attached hydrogens (tertiary/aromatic N) is 1. The van der Waals surface area contributed by atoms with Crippen LogP contribution in [0.2, 0.25) is 0 Å². The summed E-state index contributed by atoms with van der Waals surface area (Å²) in [5.41, 5.74) is 1.03.